The minimum absolute atomic E-state index is 0.0140. The van der Waals surface area contributed by atoms with Crippen molar-refractivity contribution in [2.45, 2.75) is 12.6 Å². The van der Waals surface area contributed by atoms with Gasteiger partial charge >= 0.3 is 0 Å². The molecule has 1 unspecified atom stereocenters. The molecule has 1 amide bonds. The zero-order valence-corrected chi connectivity index (χ0v) is 16.8. The largest absolute Gasteiger partial charge is 0.485 e. The van der Waals surface area contributed by atoms with Gasteiger partial charge in [0.05, 0.1) is 11.2 Å². The van der Waals surface area contributed by atoms with Crippen LogP contribution < -0.4 is 14.4 Å². The van der Waals surface area contributed by atoms with Crippen molar-refractivity contribution in [2.75, 3.05) is 11.5 Å². The number of pyridine rings is 1. The maximum atomic E-state index is 14.2. The van der Waals surface area contributed by atoms with Crippen LogP contribution in [-0.2, 0) is 11.3 Å². The lowest BCUT2D eigenvalue weighted by molar-refractivity contribution is -0.127. The van der Waals surface area contributed by atoms with Crippen LogP contribution in [0, 0.1) is 11.6 Å². The summed E-state index contributed by atoms with van der Waals surface area (Å²) < 4.78 is 39.7. The first kappa shape index (κ1) is 19.4. The molecule has 1 aliphatic heterocycles. The molecule has 0 N–H and O–H groups in total. The summed E-state index contributed by atoms with van der Waals surface area (Å²) in [6, 6.07) is 12.6. The van der Waals surface area contributed by atoms with E-state index < -0.39 is 23.6 Å². The van der Waals surface area contributed by atoms with Crippen molar-refractivity contribution < 1.29 is 23.0 Å². The van der Waals surface area contributed by atoms with Crippen LogP contribution in [0.3, 0.4) is 0 Å². The standard InChI is InChI=1S/C22H15F2N3O3S/c23-14-9-15(24)20-19(10-14)31-22(26-20)27(11-13-5-7-25-8-6-13)21(28)18-12-29-16-3-1-2-4-17(16)30-18/h1-10,18H,11-12H2. The Hall–Kier alpha value is -3.59. The number of aromatic nitrogens is 2. The predicted octanol–water partition coefficient (Wildman–Crippen LogP) is 4.34. The third-order valence-corrected chi connectivity index (χ3v) is 5.80. The van der Waals surface area contributed by atoms with Crippen molar-refractivity contribution in [3.8, 4) is 11.5 Å². The molecule has 6 nitrogen and oxygen atoms in total. The van der Waals surface area contributed by atoms with Crippen molar-refractivity contribution in [3.63, 3.8) is 0 Å². The van der Waals surface area contributed by atoms with Crippen LogP contribution in [0.1, 0.15) is 5.56 Å². The van der Waals surface area contributed by atoms with E-state index in [1.807, 2.05) is 6.07 Å². The molecule has 156 valence electrons. The van der Waals surface area contributed by atoms with Crippen LogP contribution in [-0.4, -0.2) is 28.6 Å². The monoisotopic (exact) mass is 439 g/mol. The fourth-order valence-electron chi connectivity index (χ4n) is 3.29. The number of amides is 1. The van der Waals surface area contributed by atoms with Crippen molar-refractivity contribution in [1.82, 2.24) is 9.97 Å². The van der Waals surface area contributed by atoms with Gasteiger partial charge < -0.3 is 9.47 Å². The van der Waals surface area contributed by atoms with Gasteiger partial charge in [0.25, 0.3) is 5.91 Å². The number of anilines is 1. The van der Waals surface area contributed by atoms with Crippen LogP contribution in [0.5, 0.6) is 11.5 Å². The molecule has 0 saturated carbocycles. The molecule has 1 aliphatic rings. The predicted molar refractivity (Wildman–Crippen MR) is 111 cm³/mol. The lowest BCUT2D eigenvalue weighted by Gasteiger charge is -2.29. The maximum Gasteiger partial charge on any atom is 0.273 e. The van der Waals surface area contributed by atoms with Crippen molar-refractivity contribution in [3.05, 3.63) is 78.1 Å². The van der Waals surface area contributed by atoms with Gasteiger partial charge in [-0.3, -0.25) is 14.7 Å². The zero-order chi connectivity index (χ0) is 21.4. The fourth-order valence-corrected chi connectivity index (χ4v) is 4.30. The lowest BCUT2D eigenvalue weighted by atomic mass is 10.2. The SMILES string of the molecule is O=C(C1COc2ccccc2O1)N(Cc1ccncc1)c1nc2c(F)cc(F)cc2s1. The summed E-state index contributed by atoms with van der Waals surface area (Å²) in [4.78, 5) is 23.1. The molecule has 0 saturated heterocycles. The molecular weight excluding hydrogens is 424 g/mol. The molecule has 4 aromatic rings. The summed E-state index contributed by atoms with van der Waals surface area (Å²) in [6.45, 7) is 0.184. The summed E-state index contributed by atoms with van der Waals surface area (Å²) in [5, 5.41) is 0.240. The second-order valence-electron chi connectivity index (χ2n) is 6.87. The summed E-state index contributed by atoms with van der Waals surface area (Å²) in [6.07, 6.45) is 2.31. The number of hydrogen-bond donors (Lipinski definition) is 0. The smallest absolute Gasteiger partial charge is 0.273 e. The third-order valence-electron chi connectivity index (χ3n) is 4.77. The Morgan fingerprint density at radius 1 is 1.13 bits per heavy atom. The van der Waals surface area contributed by atoms with E-state index in [0.717, 1.165) is 23.0 Å². The van der Waals surface area contributed by atoms with Crippen LogP contribution >= 0.6 is 11.3 Å². The summed E-state index contributed by atoms with van der Waals surface area (Å²) >= 11 is 1.03. The highest BCUT2D eigenvalue weighted by molar-refractivity contribution is 7.22. The summed E-state index contributed by atoms with van der Waals surface area (Å²) in [7, 11) is 0. The molecule has 5 rings (SSSR count). The van der Waals surface area contributed by atoms with Crippen LogP contribution in [0.4, 0.5) is 13.9 Å². The van der Waals surface area contributed by atoms with E-state index >= 15 is 0 Å². The fraction of sp³-hybridized carbons (Fsp3) is 0.136. The molecular formula is C22H15F2N3O3S. The number of carbonyl (C=O) groups is 1. The van der Waals surface area contributed by atoms with Crippen LogP contribution in [0.25, 0.3) is 10.2 Å². The quantitative estimate of drug-likeness (QED) is 0.473. The van der Waals surface area contributed by atoms with E-state index in [4.69, 9.17) is 9.47 Å². The van der Waals surface area contributed by atoms with Gasteiger partial charge in [-0.05, 0) is 35.9 Å². The number of rotatable bonds is 4. The van der Waals surface area contributed by atoms with Gasteiger partial charge in [-0.25, -0.2) is 13.8 Å². The molecule has 9 heteroatoms. The molecule has 0 bridgehead atoms. The number of para-hydroxylation sites is 2. The Morgan fingerprint density at radius 2 is 1.90 bits per heavy atom. The summed E-state index contributed by atoms with van der Waals surface area (Å²) in [5.74, 6) is -0.850. The molecule has 0 aliphatic carbocycles. The van der Waals surface area contributed by atoms with Gasteiger partial charge in [-0.1, -0.05) is 23.5 Å². The van der Waals surface area contributed by atoms with E-state index in [0.29, 0.717) is 16.2 Å². The molecule has 0 fully saturated rings. The normalized spacial score (nSPS) is 15.1. The van der Waals surface area contributed by atoms with E-state index in [2.05, 4.69) is 9.97 Å². The Balaban J connectivity index is 1.52. The number of ether oxygens (including phenoxy) is 2. The molecule has 3 heterocycles. The van der Waals surface area contributed by atoms with Crippen molar-refractivity contribution >= 4 is 32.6 Å². The number of benzene rings is 2. The molecule has 2 aromatic carbocycles. The first-order valence-electron chi connectivity index (χ1n) is 9.43. The number of hydrogen-bond acceptors (Lipinski definition) is 6. The van der Waals surface area contributed by atoms with Gasteiger partial charge in [0, 0.05) is 18.5 Å². The Bertz CT molecular complexity index is 1270. The Morgan fingerprint density at radius 3 is 2.71 bits per heavy atom. The highest BCUT2D eigenvalue weighted by atomic mass is 32.1. The molecule has 2 aromatic heterocycles. The van der Waals surface area contributed by atoms with Crippen LogP contribution in [0.2, 0.25) is 0 Å². The molecule has 0 spiro atoms. The minimum Gasteiger partial charge on any atom is -0.485 e. The second kappa shape index (κ2) is 7.92. The Kier molecular flexibility index (Phi) is 4.95. The van der Waals surface area contributed by atoms with E-state index in [1.54, 1.807) is 42.7 Å². The number of carbonyl (C=O) groups excluding carboxylic acids is 1. The number of nitrogens with zero attached hydrogens (tertiary/aromatic N) is 3. The minimum atomic E-state index is -0.912. The van der Waals surface area contributed by atoms with Crippen molar-refractivity contribution in [2.24, 2.45) is 0 Å². The van der Waals surface area contributed by atoms with Gasteiger partial charge in [0.1, 0.15) is 17.9 Å². The average molecular weight is 439 g/mol. The first-order chi connectivity index (χ1) is 15.1. The first-order valence-corrected chi connectivity index (χ1v) is 10.2. The van der Waals surface area contributed by atoms with E-state index in [1.165, 1.54) is 11.0 Å². The third kappa shape index (κ3) is 3.79. The highest BCUT2D eigenvalue weighted by Gasteiger charge is 2.33. The zero-order valence-electron chi connectivity index (χ0n) is 16.0. The van der Waals surface area contributed by atoms with E-state index in [-0.39, 0.29) is 23.8 Å². The van der Waals surface area contributed by atoms with Gasteiger partial charge in [-0.15, -0.1) is 0 Å². The van der Waals surface area contributed by atoms with Gasteiger partial charge in [-0.2, -0.15) is 0 Å². The van der Waals surface area contributed by atoms with E-state index in [9.17, 15) is 13.6 Å². The summed E-state index contributed by atoms with van der Waals surface area (Å²) in [5.41, 5.74) is 0.812. The molecule has 1 atom stereocenters. The highest BCUT2D eigenvalue weighted by Crippen LogP contribution is 2.35. The second-order valence-corrected chi connectivity index (χ2v) is 7.88. The molecule has 31 heavy (non-hydrogen) atoms. The van der Waals surface area contributed by atoms with Crippen molar-refractivity contribution in [1.29, 1.82) is 0 Å². The average Bonchev–Trinajstić information content (AvgIpc) is 3.21. The topological polar surface area (TPSA) is 64.6 Å². The van der Waals surface area contributed by atoms with Gasteiger partial charge in [0.2, 0.25) is 6.10 Å². The molecule has 0 radical (unpaired) electrons. The number of fused-ring (bicyclic) bond motifs is 2. The van der Waals surface area contributed by atoms with Gasteiger partial charge in [0.15, 0.2) is 22.4 Å². The number of halogens is 2. The Labute approximate surface area is 179 Å². The van der Waals surface area contributed by atoms with Crippen LogP contribution in [0.15, 0.2) is 60.9 Å². The lowest BCUT2D eigenvalue weighted by Crippen LogP contribution is -2.46. The maximum absolute atomic E-state index is 14.2. The number of thiazole rings is 1.